The van der Waals surface area contributed by atoms with Gasteiger partial charge in [0.2, 0.25) is 0 Å². The fourth-order valence-corrected chi connectivity index (χ4v) is 4.88. The Bertz CT molecular complexity index is 655. The number of carbonyl (C=O) groups excluding carboxylic acids is 1. The van der Waals surface area contributed by atoms with Gasteiger partial charge in [-0.1, -0.05) is 26.0 Å². The molecule has 0 aromatic heterocycles. The number of benzene rings is 1. The third-order valence-electron chi connectivity index (χ3n) is 4.75. The van der Waals surface area contributed by atoms with E-state index in [2.05, 4.69) is 0 Å². The lowest BCUT2D eigenvalue weighted by atomic mass is 9.99. The summed E-state index contributed by atoms with van der Waals surface area (Å²) in [6.07, 6.45) is 1.44. The van der Waals surface area contributed by atoms with Crippen LogP contribution in [-0.4, -0.2) is 43.5 Å². The zero-order valence-electron chi connectivity index (χ0n) is 13.7. The summed E-state index contributed by atoms with van der Waals surface area (Å²) in [5.74, 6) is 0.0883. The van der Waals surface area contributed by atoms with Crippen molar-refractivity contribution in [1.82, 2.24) is 4.90 Å². The maximum Gasteiger partial charge on any atom is 0.282 e. The van der Waals surface area contributed by atoms with E-state index in [1.807, 2.05) is 13.8 Å². The van der Waals surface area contributed by atoms with Crippen LogP contribution in [0.2, 0.25) is 0 Å². The molecule has 0 saturated carbocycles. The van der Waals surface area contributed by atoms with Crippen molar-refractivity contribution in [3.63, 3.8) is 0 Å². The lowest BCUT2D eigenvalue weighted by Gasteiger charge is -2.41. The molecule has 0 aliphatic carbocycles. The molecule has 1 atom stereocenters. The van der Waals surface area contributed by atoms with Crippen LogP contribution in [0.1, 0.15) is 42.6 Å². The van der Waals surface area contributed by atoms with Crippen LogP contribution < -0.4 is 0 Å². The van der Waals surface area contributed by atoms with E-state index in [-0.39, 0.29) is 17.2 Å². The zero-order chi connectivity index (χ0) is 17.2. The summed E-state index contributed by atoms with van der Waals surface area (Å²) in [6, 6.07) is 4.64. The third kappa shape index (κ3) is 3.15. The molecule has 1 aliphatic rings. The number of nitro benzene ring substituents is 1. The van der Waals surface area contributed by atoms with Gasteiger partial charge in [0.05, 0.1) is 9.67 Å². The topological polar surface area (TPSA) is 80.5 Å². The summed E-state index contributed by atoms with van der Waals surface area (Å²) in [6.45, 7) is 6.42. The fourth-order valence-electron chi connectivity index (χ4n) is 3.12. The quantitative estimate of drug-likeness (QED) is 0.624. The number of rotatable bonds is 4. The Labute approximate surface area is 138 Å². The number of hydrogen-bond acceptors (Lipinski definition) is 4. The van der Waals surface area contributed by atoms with Gasteiger partial charge in [-0.05, 0) is 25.3 Å². The van der Waals surface area contributed by atoms with E-state index in [1.165, 1.54) is 6.07 Å². The van der Waals surface area contributed by atoms with Crippen LogP contribution in [0.3, 0.4) is 0 Å². The minimum Gasteiger partial charge on any atom is -0.336 e. The summed E-state index contributed by atoms with van der Waals surface area (Å²) >= 11 is 0. The average Bonchev–Trinajstić information content (AvgIpc) is 2.54. The van der Waals surface area contributed by atoms with Crippen molar-refractivity contribution < 1.29 is 13.9 Å². The molecule has 7 heteroatoms. The highest BCUT2D eigenvalue weighted by molar-refractivity contribution is 7.86. The smallest absolute Gasteiger partial charge is 0.282 e. The molecular weight excluding hydrogens is 316 g/mol. The van der Waals surface area contributed by atoms with E-state index in [4.69, 9.17) is 0 Å². The van der Waals surface area contributed by atoms with Crippen LogP contribution in [0.5, 0.6) is 0 Å². The van der Waals surface area contributed by atoms with Crippen molar-refractivity contribution in [3.8, 4) is 0 Å². The summed E-state index contributed by atoms with van der Waals surface area (Å²) in [5, 5.41) is 11.2. The van der Waals surface area contributed by atoms with Gasteiger partial charge in [-0.2, -0.15) is 0 Å². The number of nitrogens with zero attached hydrogens (tertiary/aromatic N) is 2. The third-order valence-corrected chi connectivity index (χ3v) is 6.97. The highest BCUT2D eigenvalue weighted by Gasteiger charge is 2.41. The molecule has 1 aromatic rings. The molecule has 1 amide bonds. The second-order valence-electron chi connectivity index (χ2n) is 5.89. The van der Waals surface area contributed by atoms with Crippen LogP contribution in [-0.2, 0) is 10.8 Å². The number of amides is 1. The Balaban J connectivity index is 2.39. The SMILES string of the molecule is CCC1(CC)CN(C(=O)c2c(C)cccc2[N+](=O)[O-])CCS1=O. The molecule has 1 aromatic carbocycles. The molecule has 1 saturated heterocycles. The van der Waals surface area contributed by atoms with E-state index >= 15 is 0 Å². The number of nitro groups is 1. The van der Waals surface area contributed by atoms with Crippen molar-refractivity contribution in [3.05, 3.63) is 39.4 Å². The van der Waals surface area contributed by atoms with Crippen LogP contribution in [0.15, 0.2) is 18.2 Å². The molecule has 1 fully saturated rings. The zero-order valence-corrected chi connectivity index (χ0v) is 14.5. The molecule has 0 N–H and O–H groups in total. The first-order valence-corrected chi connectivity index (χ1v) is 9.10. The molecule has 23 heavy (non-hydrogen) atoms. The van der Waals surface area contributed by atoms with Gasteiger partial charge in [0.1, 0.15) is 5.56 Å². The van der Waals surface area contributed by atoms with Crippen molar-refractivity contribution in [1.29, 1.82) is 0 Å². The first-order chi connectivity index (χ1) is 10.9. The Hall–Kier alpha value is -1.76. The largest absolute Gasteiger partial charge is 0.336 e. The summed E-state index contributed by atoms with van der Waals surface area (Å²) in [7, 11) is -0.978. The minimum atomic E-state index is -0.978. The fraction of sp³-hybridized carbons (Fsp3) is 0.562. The highest BCUT2D eigenvalue weighted by atomic mass is 32.2. The monoisotopic (exact) mass is 338 g/mol. The van der Waals surface area contributed by atoms with Crippen molar-refractivity contribution >= 4 is 22.4 Å². The standard InChI is InChI=1S/C16H22N2O4S/c1-4-16(5-2)11-17(9-10-23(16)22)15(19)14-12(3)7-6-8-13(14)18(20)21/h6-8H,4-5,9-11H2,1-3H3. The molecule has 0 bridgehead atoms. The first kappa shape index (κ1) is 17.6. The van der Waals surface area contributed by atoms with Gasteiger partial charge in [-0.15, -0.1) is 0 Å². The molecule has 1 heterocycles. The van der Waals surface area contributed by atoms with Gasteiger partial charge in [0, 0.05) is 35.7 Å². The Morgan fingerprint density at radius 3 is 2.61 bits per heavy atom. The van der Waals surface area contributed by atoms with Gasteiger partial charge in [0.25, 0.3) is 11.6 Å². The van der Waals surface area contributed by atoms with Crippen LogP contribution in [0, 0.1) is 17.0 Å². The predicted molar refractivity (Wildman–Crippen MR) is 90.1 cm³/mol. The van der Waals surface area contributed by atoms with E-state index in [0.717, 1.165) is 12.8 Å². The second-order valence-corrected chi connectivity index (χ2v) is 7.86. The number of carbonyl (C=O) groups is 1. The minimum absolute atomic E-state index is 0.145. The lowest BCUT2D eigenvalue weighted by Crippen LogP contribution is -2.54. The van der Waals surface area contributed by atoms with Gasteiger partial charge in [-0.25, -0.2) is 0 Å². The normalized spacial score (nSPS) is 20.3. The Morgan fingerprint density at radius 1 is 1.39 bits per heavy atom. The summed E-state index contributed by atoms with van der Waals surface area (Å²) in [4.78, 5) is 25.2. The second kappa shape index (κ2) is 6.78. The van der Waals surface area contributed by atoms with E-state index < -0.39 is 20.5 Å². The lowest BCUT2D eigenvalue weighted by molar-refractivity contribution is -0.385. The average molecular weight is 338 g/mol. The summed E-state index contributed by atoms with van der Waals surface area (Å²) < 4.78 is 12.0. The molecule has 2 rings (SSSR count). The number of hydrogen-bond donors (Lipinski definition) is 0. The van der Waals surface area contributed by atoms with Crippen LogP contribution in [0.4, 0.5) is 5.69 Å². The van der Waals surface area contributed by atoms with E-state index in [1.54, 1.807) is 24.0 Å². The first-order valence-electron chi connectivity index (χ1n) is 7.78. The molecule has 0 radical (unpaired) electrons. The molecular formula is C16H22N2O4S. The molecule has 6 nitrogen and oxygen atoms in total. The van der Waals surface area contributed by atoms with E-state index in [0.29, 0.717) is 24.4 Å². The highest BCUT2D eigenvalue weighted by Crippen LogP contribution is 2.31. The molecule has 1 aliphatic heterocycles. The molecule has 0 spiro atoms. The summed E-state index contributed by atoms with van der Waals surface area (Å²) in [5.41, 5.74) is 0.570. The Kier molecular flexibility index (Phi) is 5.19. The van der Waals surface area contributed by atoms with Gasteiger partial charge in [0.15, 0.2) is 0 Å². The number of aryl methyl sites for hydroxylation is 1. The predicted octanol–water partition coefficient (Wildman–Crippen LogP) is 2.67. The van der Waals surface area contributed by atoms with Gasteiger partial charge in [-0.3, -0.25) is 19.1 Å². The maximum absolute atomic E-state index is 12.9. The van der Waals surface area contributed by atoms with Crippen molar-refractivity contribution in [2.45, 2.75) is 38.4 Å². The Morgan fingerprint density at radius 2 is 2.04 bits per heavy atom. The van der Waals surface area contributed by atoms with Crippen molar-refractivity contribution in [2.75, 3.05) is 18.8 Å². The van der Waals surface area contributed by atoms with Crippen molar-refractivity contribution in [2.24, 2.45) is 0 Å². The van der Waals surface area contributed by atoms with Crippen LogP contribution in [0.25, 0.3) is 0 Å². The molecule has 1 unspecified atom stereocenters. The maximum atomic E-state index is 12.9. The molecule has 126 valence electrons. The van der Waals surface area contributed by atoms with Crippen LogP contribution >= 0.6 is 0 Å². The van der Waals surface area contributed by atoms with Gasteiger partial charge >= 0.3 is 0 Å². The van der Waals surface area contributed by atoms with Gasteiger partial charge < -0.3 is 4.90 Å². The van der Waals surface area contributed by atoms with E-state index in [9.17, 15) is 19.1 Å².